The Bertz CT molecular complexity index is 1040. The van der Waals surface area contributed by atoms with Gasteiger partial charge in [-0.3, -0.25) is 18.6 Å². The number of benzene rings is 2. The van der Waals surface area contributed by atoms with E-state index in [-0.39, 0.29) is 24.2 Å². The second-order valence-electron chi connectivity index (χ2n) is 8.45. The summed E-state index contributed by atoms with van der Waals surface area (Å²) in [5.41, 5.74) is 1.75. The number of hydrogen-bond acceptors (Lipinski definition) is 4. The van der Waals surface area contributed by atoms with Gasteiger partial charge in [0.25, 0.3) is 0 Å². The Hall–Kier alpha value is -3.07. The number of carbonyl (C=O) groups excluding carboxylic acids is 3. The van der Waals surface area contributed by atoms with Gasteiger partial charge in [-0.2, -0.15) is 0 Å². The van der Waals surface area contributed by atoms with Gasteiger partial charge in [0, 0.05) is 28.2 Å². The molecule has 1 saturated carbocycles. The van der Waals surface area contributed by atoms with Crippen molar-refractivity contribution in [3.63, 3.8) is 0 Å². The van der Waals surface area contributed by atoms with Crippen molar-refractivity contribution in [1.29, 1.82) is 0 Å². The van der Waals surface area contributed by atoms with Gasteiger partial charge in [0.1, 0.15) is 23.9 Å². The van der Waals surface area contributed by atoms with Crippen LogP contribution >= 0.6 is 0 Å². The van der Waals surface area contributed by atoms with Gasteiger partial charge in [0.05, 0.1) is 0 Å². The molecule has 1 atom stereocenters. The molecule has 7 nitrogen and oxygen atoms in total. The SMILES string of the molecule is Cc1ccccc1N(CC(=O)NC1CCCCC1)C(=O)CS(=O)CC(=O)Nc1ccc(F)cc1. The third-order valence-electron chi connectivity index (χ3n) is 5.68. The van der Waals surface area contributed by atoms with E-state index in [0.717, 1.165) is 31.2 Å². The summed E-state index contributed by atoms with van der Waals surface area (Å²) in [4.78, 5) is 39.4. The largest absolute Gasteiger partial charge is 0.352 e. The quantitative estimate of drug-likeness (QED) is 0.567. The zero-order valence-corrected chi connectivity index (χ0v) is 20.0. The maximum atomic E-state index is 13.1. The first-order valence-electron chi connectivity index (χ1n) is 11.4. The first-order valence-corrected chi connectivity index (χ1v) is 12.9. The molecule has 1 aliphatic rings. The topological polar surface area (TPSA) is 95.6 Å². The summed E-state index contributed by atoms with van der Waals surface area (Å²) in [7, 11) is -1.79. The summed E-state index contributed by atoms with van der Waals surface area (Å²) in [6, 6.07) is 12.5. The molecule has 0 aromatic heterocycles. The molecule has 182 valence electrons. The molecule has 2 aromatic carbocycles. The summed E-state index contributed by atoms with van der Waals surface area (Å²) in [5.74, 6) is -2.53. The maximum absolute atomic E-state index is 13.1. The standard InChI is InChI=1S/C25H30FN3O4S/c1-18-7-5-6-10-22(18)29(15-23(30)27-20-8-3-2-4-9-20)25(32)17-34(33)16-24(31)28-21-13-11-19(26)12-14-21/h5-7,10-14,20H,2-4,8-9,15-17H2,1H3,(H,27,30)(H,28,31). The van der Waals surface area contributed by atoms with Crippen LogP contribution in [0.5, 0.6) is 0 Å². The van der Waals surface area contributed by atoms with Crippen LogP contribution in [0.25, 0.3) is 0 Å². The number of hydrogen-bond donors (Lipinski definition) is 2. The minimum atomic E-state index is -1.79. The highest BCUT2D eigenvalue weighted by Gasteiger charge is 2.25. The third kappa shape index (κ3) is 7.76. The number of nitrogens with one attached hydrogen (secondary N) is 2. The highest BCUT2D eigenvalue weighted by Crippen LogP contribution is 2.21. The van der Waals surface area contributed by atoms with Crippen molar-refractivity contribution in [1.82, 2.24) is 5.32 Å². The average Bonchev–Trinajstić information content (AvgIpc) is 2.80. The number of amides is 3. The van der Waals surface area contributed by atoms with Gasteiger partial charge in [0.15, 0.2) is 0 Å². The van der Waals surface area contributed by atoms with E-state index in [4.69, 9.17) is 0 Å². The fourth-order valence-corrected chi connectivity index (χ4v) is 4.88. The summed E-state index contributed by atoms with van der Waals surface area (Å²) >= 11 is 0. The van der Waals surface area contributed by atoms with E-state index in [1.165, 1.54) is 35.6 Å². The Labute approximate surface area is 201 Å². The van der Waals surface area contributed by atoms with Crippen LogP contribution in [0, 0.1) is 12.7 Å². The van der Waals surface area contributed by atoms with Crippen molar-refractivity contribution in [2.75, 3.05) is 28.3 Å². The predicted octanol–water partition coefficient (Wildman–Crippen LogP) is 3.30. The third-order valence-corrected chi connectivity index (χ3v) is 6.84. The molecule has 1 fully saturated rings. The Morgan fingerprint density at radius 3 is 2.32 bits per heavy atom. The molecule has 2 N–H and O–H groups in total. The van der Waals surface area contributed by atoms with Gasteiger partial charge >= 0.3 is 0 Å². The highest BCUT2D eigenvalue weighted by atomic mass is 32.2. The lowest BCUT2D eigenvalue weighted by molar-refractivity contribution is -0.123. The molecule has 2 aromatic rings. The minimum Gasteiger partial charge on any atom is -0.352 e. The molecule has 3 amide bonds. The van der Waals surface area contributed by atoms with E-state index in [0.29, 0.717) is 11.4 Å². The van der Waals surface area contributed by atoms with Crippen LogP contribution in [0.15, 0.2) is 48.5 Å². The maximum Gasteiger partial charge on any atom is 0.240 e. The second-order valence-corrected chi connectivity index (χ2v) is 9.91. The van der Waals surface area contributed by atoms with Crippen LogP contribution in [-0.2, 0) is 25.2 Å². The monoisotopic (exact) mass is 487 g/mol. The molecule has 0 heterocycles. The number of carbonyl (C=O) groups is 3. The fraction of sp³-hybridized carbons (Fsp3) is 0.400. The molecule has 0 bridgehead atoms. The Kier molecular flexibility index (Phi) is 9.33. The molecule has 0 saturated heterocycles. The smallest absolute Gasteiger partial charge is 0.240 e. The zero-order valence-electron chi connectivity index (χ0n) is 19.2. The Balaban J connectivity index is 1.62. The van der Waals surface area contributed by atoms with Crippen LogP contribution in [-0.4, -0.2) is 46.0 Å². The van der Waals surface area contributed by atoms with Crippen LogP contribution in [0.3, 0.4) is 0 Å². The number of nitrogens with zero attached hydrogens (tertiary/aromatic N) is 1. The Morgan fingerprint density at radius 2 is 1.65 bits per heavy atom. The molecular weight excluding hydrogens is 457 g/mol. The van der Waals surface area contributed by atoms with Gasteiger partial charge in [0.2, 0.25) is 17.7 Å². The van der Waals surface area contributed by atoms with Crippen molar-refractivity contribution in [3.8, 4) is 0 Å². The first-order chi connectivity index (χ1) is 16.3. The average molecular weight is 488 g/mol. The normalized spacial score (nSPS) is 14.8. The van der Waals surface area contributed by atoms with E-state index in [1.54, 1.807) is 12.1 Å². The second kappa shape index (κ2) is 12.4. The lowest BCUT2D eigenvalue weighted by Crippen LogP contribution is -2.46. The summed E-state index contributed by atoms with van der Waals surface area (Å²) in [6.45, 7) is 1.65. The summed E-state index contributed by atoms with van der Waals surface area (Å²) in [5, 5.41) is 5.54. The molecule has 1 aliphatic carbocycles. The van der Waals surface area contributed by atoms with Crippen molar-refractivity contribution < 1.29 is 23.0 Å². The molecule has 0 spiro atoms. The lowest BCUT2D eigenvalue weighted by atomic mass is 9.95. The Morgan fingerprint density at radius 1 is 0.971 bits per heavy atom. The first kappa shape index (κ1) is 25.6. The molecular formula is C25H30FN3O4S. The zero-order chi connectivity index (χ0) is 24.5. The number of para-hydroxylation sites is 1. The number of anilines is 2. The summed E-state index contributed by atoms with van der Waals surface area (Å²) in [6.07, 6.45) is 5.17. The van der Waals surface area contributed by atoms with Gasteiger partial charge in [-0.25, -0.2) is 4.39 Å². The van der Waals surface area contributed by atoms with E-state index < -0.39 is 34.2 Å². The molecule has 0 aliphatic heterocycles. The highest BCUT2D eigenvalue weighted by molar-refractivity contribution is 7.86. The molecule has 9 heteroatoms. The van der Waals surface area contributed by atoms with E-state index in [2.05, 4.69) is 10.6 Å². The van der Waals surface area contributed by atoms with Crippen LogP contribution in [0.2, 0.25) is 0 Å². The lowest BCUT2D eigenvalue weighted by Gasteiger charge is -2.27. The molecule has 34 heavy (non-hydrogen) atoms. The van der Waals surface area contributed by atoms with Crippen LogP contribution < -0.4 is 15.5 Å². The van der Waals surface area contributed by atoms with Gasteiger partial charge in [-0.1, -0.05) is 37.5 Å². The number of aryl methyl sites for hydroxylation is 1. The summed E-state index contributed by atoms with van der Waals surface area (Å²) < 4.78 is 25.6. The minimum absolute atomic E-state index is 0.111. The van der Waals surface area contributed by atoms with Crippen molar-refractivity contribution in [2.45, 2.75) is 45.1 Å². The van der Waals surface area contributed by atoms with Crippen molar-refractivity contribution >= 4 is 39.9 Å². The number of rotatable bonds is 9. The van der Waals surface area contributed by atoms with Crippen LogP contribution in [0.4, 0.5) is 15.8 Å². The predicted molar refractivity (Wildman–Crippen MR) is 131 cm³/mol. The van der Waals surface area contributed by atoms with E-state index in [1.807, 2.05) is 19.1 Å². The van der Waals surface area contributed by atoms with Gasteiger partial charge in [-0.05, 0) is 55.7 Å². The van der Waals surface area contributed by atoms with Crippen molar-refractivity contribution in [3.05, 3.63) is 59.9 Å². The van der Waals surface area contributed by atoms with Crippen molar-refractivity contribution in [2.24, 2.45) is 0 Å². The number of halogens is 1. The fourth-order valence-electron chi connectivity index (χ4n) is 3.98. The van der Waals surface area contributed by atoms with Crippen LogP contribution in [0.1, 0.15) is 37.7 Å². The molecule has 0 radical (unpaired) electrons. The van der Waals surface area contributed by atoms with Gasteiger partial charge < -0.3 is 15.5 Å². The van der Waals surface area contributed by atoms with E-state index in [9.17, 15) is 23.0 Å². The molecule has 3 rings (SSSR count). The van der Waals surface area contributed by atoms with Gasteiger partial charge in [-0.15, -0.1) is 0 Å². The van der Waals surface area contributed by atoms with E-state index >= 15 is 0 Å². The molecule has 1 unspecified atom stereocenters.